The minimum absolute atomic E-state index is 0.516. The fourth-order valence-corrected chi connectivity index (χ4v) is 2.18. The first-order valence-corrected chi connectivity index (χ1v) is 6.93. The average molecular weight is 260 g/mol. The fourth-order valence-electron chi connectivity index (χ4n) is 2.18. The van der Waals surface area contributed by atoms with Gasteiger partial charge in [-0.2, -0.15) is 5.26 Å². The molecular weight excluding hydrogens is 236 g/mol. The van der Waals surface area contributed by atoms with E-state index in [4.69, 9.17) is 4.74 Å². The van der Waals surface area contributed by atoms with Crippen molar-refractivity contribution in [2.75, 3.05) is 12.4 Å². The summed E-state index contributed by atoms with van der Waals surface area (Å²) in [7, 11) is 1.65. The first-order valence-electron chi connectivity index (χ1n) is 6.93. The molecule has 0 heterocycles. The lowest BCUT2D eigenvalue weighted by molar-refractivity contribution is 0.395. The van der Waals surface area contributed by atoms with E-state index in [1.807, 2.05) is 31.2 Å². The van der Waals surface area contributed by atoms with Crippen LogP contribution in [-0.2, 0) is 0 Å². The molecule has 1 rings (SSSR count). The van der Waals surface area contributed by atoms with Crippen molar-refractivity contribution in [2.24, 2.45) is 5.92 Å². The van der Waals surface area contributed by atoms with Crippen molar-refractivity contribution in [3.8, 4) is 11.8 Å². The molecule has 0 saturated heterocycles. The van der Waals surface area contributed by atoms with Crippen LogP contribution in [0.5, 0.6) is 5.75 Å². The van der Waals surface area contributed by atoms with Gasteiger partial charge in [-0.1, -0.05) is 39.3 Å². The molecule has 104 valence electrons. The maximum atomic E-state index is 9.59. The summed E-state index contributed by atoms with van der Waals surface area (Å²) in [4.78, 5) is 0. The topological polar surface area (TPSA) is 45.0 Å². The number of anilines is 1. The van der Waals surface area contributed by atoms with E-state index in [-0.39, 0.29) is 0 Å². The quantitative estimate of drug-likeness (QED) is 0.798. The van der Waals surface area contributed by atoms with Gasteiger partial charge in [0.1, 0.15) is 11.3 Å². The van der Waals surface area contributed by atoms with Crippen LogP contribution in [-0.4, -0.2) is 12.6 Å². The molecule has 0 saturated carbocycles. The van der Waals surface area contributed by atoms with Crippen molar-refractivity contribution in [3.63, 3.8) is 0 Å². The highest BCUT2D eigenvalue weighted by Gasteiger charge is 2.30. The van der Waals surface area contributed by atoms with Crippen LogP contribution in [0.4, 0.5) is 5.69 Å². The molecule has 0 aliphatic rings. The number of para-hydroxylation sites is 2. The Morgan fingerprint density at radius 3 is 2.58 bits per heavy atom. The number of nitrogens with zero attached hydrogens (tertiary/aromatic N) is 1. The summed E-state index contributed by atoms with van der Waals surface area (Å²) in [5, 5.41) is 13.0. The molecule has 0 radical (unpaired) electrons. The maximum Gasteiger partial charge on any atom is 0.141 e. The average Bonchev–Trinajstić information content (AvgIpc) is 2.46. The number of benzene rings is 1. The second kappa shape index (κ2) is 7.04. The summed E-state index contributed by atoms with van der Waals surface area (Å²) in [6, 6.07) is 10.2. The Bertz CT molecular complexity index is 439. The van der Waals surface area contributed by atoms with Crippen LogP contribution in [0.25, 0.3) is 0 Å². The Balaban J connectivity index is 2.98. The summed E-state index contributed by atoms with van der Waals surface area (Å²) < 4.78 is 5.34. The van der Waals surface area contributed by atoms with Crippen LogP contribution >= 0.6 is 0 Å². The molecule has 0 bridgehead atoms. The Morgan fingerprint density at radius 1 is 1.37 bits per heavy atom. The SMILES string of the molecule is CCC(C)CC(C#N)(CC)Nc1ccccc1OC. The van der Waals surface area contributed by atoms with Gasteiger partial charge in [0, 0.05) is 0 Å². The lowest BCUT2D eigenvalue weighted by Gasteiger charge is -2.30. The monoisotopic (exact) mass is 260 g/mol. The van der Waals surface area contributed by atoms with E-state index < -0.39 is 5.54 Å². The molecule has 0 fully saturated rings. The minimum Gasteiger partial charge on any atom is -0.495 e. The molecule has 3 heteroatoms. The number of nitrogens with one attached hydrogen (secondary N) is 1. The fraction of sp³-hybridized carbons (Fsp3) is 0.562. The predicted molar refractivity (Wildman–Crippen MR) is 79.3 cm³/mol. The van der Waals surface area contributed by atoms with E-state index in [0.717, 1.165) is 30.7 Å². The highest BCUT2D eigenvalue weighted by Crippen LogP contribution is 2.31. The smallest absolute Gasteiger partial charge is 0.141 e. The number of methoxy groups -OCH3 is 1. The van der Waals surface area contributed by atoms with Crippen molar-refractivity contribution in [2.45, 2.75) is 45.6 Å². The van der Waals surface area contributed by atoms with Crippen molar-refractivity contribution in [1.82, 2.24) is 0 Å². The lowest BCUT2D eigenvalue weighted by atomic mass is 9.85. The van der Waals surface area contributed by atoms with E-state index in [1.54, 1.807) is 7.11 Å². The molecule has 0 aromatic heterocycles. The number of hydrogen-bond acceptors (Lipinski definition) is 3. The van der Waals surface area contributed by atoms with Crippen LogP contribution in [0, 0.1) is 17.2 Å². The highest BCUT2D eigenvalue weighted by molar-refractivity contribution is 5.58. The van der Waals surface area contributed by atoms with Crippen molar-refractivity contribution in [1.29, 1.82) is 5.26 Å². The van der Waals surface area contributed by atoms with Crippen molar-refractivity contribution >= 4 is 5.69 Å². The van der Waals surface area contributed by atoms with Gasteiger partial charge in [-0.15, -0.1) is 0 Å². The largest absolute Gasteiger partial charge is 0.495 e. The number of ether oxygens (including phenoxy) is 1. The summed E-state index contributed by atoms with van der Waals surface area (Å²) in [6.45, 7) is 6.39. The molecule has 0 aliphatic carbocycles. The zero-order valence-electron chi connectivity index (χ0n) is 12.4. The van der Waals surface area contributed by atoms with Gasteiger partial charge in [0.15, 0.2) is 0 Å². The first kappa shape index (κ1) is 15.4. The van der Waals surface area contributed by atoms with Crippen LogP contribution in [0.2, 0.25) is 0 Å². The second-order valence-corrected chi connectivity index (χ2v) is 5.09. The summed E-state index contributed by atoms with van der Waals surface area (Å²) in [5.41, 5.74) is 0.362. The molecular formula is C16H24N2O. The predicted octanol–water partition coefficient (Wildman–Crippen LogP) is 4.22. The zero-order chi connectivity index (χ0) is 14.3. The van der Waals surface area contributed by atoms with Gasteiger partial charge in [0.05, 0.1) is 18.9 Å². The second-order valence-electron chi connectivity index (χ2n) is 5.09. The summed E-state index contributed by atoms with van der Waals surface area (Å²) in [5.74, 6) is 1.29. The van der Waals surface area contributed by atoms with Gasteiger partial charge in [-0.25, -0.2) is 0 Å². The molecule has 1 aromatic carbocycles. The third kappa shape index (κ3) is 3.89. The number of hydrogen-bond donors (Lipinski definition) is 1. The summed E-state index contributed by atoms with van der Waals surface area (Å²) >= 11 is 0. The number of nitriles is 1. The van der Waals surface area contributed by atoms with Crippen molar-refractivity contribution < 1.29 is 4.74 Å². The van der Waals surface area contributed by atoms with Gasteiger partial charge in [-0.3, -0.25) is 0 Å². The standard InChI is InChI=1S/C16H24N2O/c1-5-13(3)11-16(6-2,12-17)18-14-9-7-8-10-15(14)19-4/h7-10,13,18H,5-6,11H2,1-4H3. The lowest BCUT2D eigenvalue weighted by Crippen LogP contribution is -2.37. The van der Waals surface area contributed by atoms with E-state index in [0.29, 0.717) is 5.92 Å². The molecule has 0 spiro atoms. The van der Waals surface area contributed by atoms with Crippen LogP contribution in [0.1, 0.15) is 40.0 Å². The van der Waals surface area contributed by atoms with Crippen LogP contribution in [0.3, 0.4) is 0 Å². The Hall–Kier alpha value is -1.69. The molecule has 1 N–H and O–H groups in total. The number of rotatable bonds is 7. The highest BCUT2D eigenvalue weighted by atomic mass is 16.5. The van der Waals surface area contributed by atoms with Gasteiger partial charge >= 0.3 is 0 Å². The molecule has 0 amide bonds. The van der Waals surface area contributed by atoms with Crippen LogP contribution in [0.15, 0.2) is 24.3 Å². The van der Waals surface area contributed by atoms with E-state index >= 15 is 0 Å². The molecule has 2 unspecified atom stereocenters. The summed E-state index contributed by atoms with van der Waals surface area (Å²) in [6.07, 6.45) is 2.69. The normalized spacial score (nSPS) is 15.1. The Labute approximate surface area is 116 Å². The molecule has 0 aliphatic heterocycles. The third-order valence-electron chi connectivity index (χ3n) is 3.69. The van der Waals surface area contributed by atoms with E-state index in [9.17, 15) is 5.26 Å². The Kier molecular flexibility index (Phi) is 5.69. The van der Waals surface area contributed by atoms with Gasteiger partial charge in [0.2, 0.25) is 0 Å². The zero-order valence-corrected chi connectivity index (χ0v) is 12.4. The molecule has 2 atom stereocenters. The van der Waals surface area contributed by atoms with E-state index in [1.165, 1.54) is 0 Å². The molecule has 3 nitrogen and oxygen atoms in total. The van der Waals surface area contributed by atoms with Crippen LogP contribution < -0.4 is 10.1 Å². The third-order valence-corrected chi connectivity index (χ3v) is 3.69. The minimum atomic E-state index is -0.524. The van der Waals surface area contributed by atoms with Gasteiger partial charge < -0.3 is 10.1 Å². The Morgan fingerprint density at radius 2 is 2.05 bits per heavy atom. The maximum absolute atomic E-state index is 9.59. The van der Waals surface area contributed by atoms with Gasteiger partial charge in [-0.05, 0) is 30.9 Å². The first-order chi connectivity index (χ1) is 9.10. The van der Waals surface area contributed by atoms with Crippen molar-refractivity contribution in [3.05, 3.63) is 24.3 Å². The van der Waals surface area contributed by atoms with E-state index in [2.05, 4.69) is 25.2 Å². The van der Waals surface area contributed by atoms with Gasteiger partial charge in [0.25, 0.3) is 0 Å². The molecule has 1 aromatic rings. The molecule has 19 heavy (non-hydrogen) atoms.